The monoisotopic (exact) mass is 493 g/mol. The van der Waals surface area contributed by atoms with Crippen molar-refractivity contribution in [3.8, 4) is 22.9 Å². The molecule has 0 aliphatic carbocycles. The second-order valence-corrected chi connectivity index (χ2v) is 8.61. The van der Waals surface area contributed by atoms with Gasteiger partial charge in [-0.05, 0) is 41.5 Å². The molecule has 4 rings (SSSR count). The molecule has 0 bridgehead atoms. The molecule has 7 nitrogen and oxygen atoms in total. The highest BCUT2D eigenvalue weighted by Crippen LogP contribution is 2.32. The Balaban J connectivity index is 1.49. The number of amides is 1. The number of hydrogen-bond donors (Lipinski definition) is 0. The fourth-order valence-electron chi connectivity index (χ4n) is 4.25. The van der Waals surface area contributed by atoms with Crippen molar-refractivity contribution >= 4 is 22.6 Å². The van der Waals surface area contributed by atoms with Gasteiger partial charge in [0.15, 0.2) is 5.78 Å². The second-order valence-electron chi connectivity index (χ2n) is 8.61. The van der Waals surface area contributed by atoms with Gasteiger partial charge in [-0.3, -0.25) is 14.6 Å². The number of aromatic nitrogens is 1. The number of halogens is 2. The number of hydrogen-bond acceptors (Lipinski definition) is 6. The Morgan fingerprint density at radius 1 is 1.11 bits per heavy atom. The maximum Gasteiger partial charge on any atom is 0.268 e. The van der Waals surface area contributed by atoms with Crippen molar-refractivity contribution in [2.45, 2.75) is 31.2 Å². The van der Waals surface area contributed by atoms with Crippen molar-refractivity contribution in [2.75, 3.05) is 26.9 Å². The number of nitriles is 1. The summed E-state index contributed by atoms with van der Waals surface area (Å²) in [5, 5.41) is 9.75. The lowest BCUT2D eigenvalue weighted by Gasteiger charge is -2.18. The third-order valence-corrected chi connectivity index (χ3v) is 6.09. The van der Waals surface area contributed by atoms with Gasteiger partial charge in [-0.2, -0.15) is 5.26 Å². The molecule has 3 aromatic rings. The van der Waals surface area contributed by atoms with Gasteiger partial charge in [0.2, 0.25) is 5.91 Å². The standard InChI is InChI=1S/C27H25F2N3O4/c1-35-12-13-36-21-5-2-18(3-6-21)19-4-7-24-23(14-19)22(10-11-31-24)25(33)8-9-26(34)32-17-27(28,29)15-20(32)16-30/h2-7,10-11,14,20H,8-9,12-13,15,17H2,1H3/t20-/m0/s1. The zero-order valence-corrected chi connectivity index (χ0v) is 19.7. The van der Waals surface area contributed by atoms with E-state index >= 15 is 0 Å². The third-order valence-electron chi connectivity index (χ3n) is 6.09. The van der Waals surface area contributed by atoms with Crippen LogP contribution in [0.25, 0.3) is 22.0 Å². The summed E-state index contributed by atoms with van der Waals surface area (Å²) in [7, 11) is 1.61. The van der Waals surface area contributed by atoms with Crippen LogP contribution in [0, 0.1) is 11.3 Å². The highest BCUT2D eigenvalue weighted by Gasteiger charge is 2.47. The number of pyridine rings is 1. The van der Waals surface area contributed by atoms with E-state index in [0.717, 1.165) is 16.0 Å². The Kier molecular flexibility index (Phi) is 7.55. The summed E-state index contributed by atoms with van der Waals surface area (Å²) in [5.74, 6) is -3.30. The Morgan fingerprint density at radius 3 is 2.58 bits per heavy atom. The predicted octanol–water partition coefficient (Wildman–Crippen LogP) is 4.65. The van der Waals surface area contributed by atoms with Crippen LogP contribution >= 0.6 is 0 Å². The van der Waals surface area contributed by atoms with Gasteiger partial charge in [0.1, 0.15) is 18.4 Å². The first-order valence-electron chi connectivity index (χ1n) is 11.5. The van der Waals surface area contributed by atoms with Gasteiger partial charge >= 0.3 is 0 Å². The van der Waals surface area contributed by atoms with E-state index in [1.54, 1.807) is 19.2 Å². The Morgan fingerprint density at radius 2 is 1.86 bits per heavy atom. The van der Waals surface area contributed by atoms with Crippen molar-refractivity contribution < 1.29 is 27.8 Å². The van der Waals surface area contributed by atoms with E-state index in [9.17, 15) is 18.4 Å². The van der Waals surface area contributed by atoms with E-state index in [2.05, 4.69) is 4.98 Å². The summed E-state index contributed by atoms with van der Waals surface area (Å²) in [4.78, 5) is 30.8. The van der Waals surface area contributed by atoms with Crippen LogP contribution in [0.3, 0.4) is 0 Å². The normalized spacial score (nSPS) is 16.6. The summed E-state index contributed by atoms with van der Waals surface area (Å²) >= 11 is 0. The van der Waals surface area contributed by atoms with E-state index in [1.165, 1.54) is 6.20 Å². The van der Waals surface area contributed by atoms with E-state index in [1.807, 2.05) is 42.5 Å². The number of ether oxygens (including phenoxy) is 2. The maximum atomic E-state index is 13.7. The molecule has 1 aliphatic rings. The molecule has 0 radical (unpaired) electrons. The number of alkyl halides is 2. The van der Waals surface area contributed by atoms with Crippen LogP contribution in [-0.2, 0) is 9.53 Å². The molecule has 0 spiro atoms. The van der Waals surface area contributed by atoms with E-state index in [0.29, 0.717) is 35.4 Å². The quantitative estimate of drug-likeness (QED) is 0.318. The Hall–Kier alpha value is -3.90. The highest BCUT2D eigenvalue weighted by molar-refractivity contribution is 6.08. The largest absolute Gasteiger partial charge is 0.491 e. The van der Waals surface area contributed by atoms with Gasteiger partial charge in [0.05, 0.1) is 24.7 Å². The molecule has 2 aromatic carbocycles. The molecule has 2 heterocycles. The van der Waals surface area contributed by atoms with Crippen LogP contribution in [0.2, 0.25) is 0 Å². The number of carbonyl (C=O) groups excluding carboxylic acids is 2. The molecular weight excluding hydrogens is 468 g/mol. The first-order chi connectivity index (χ1) is 17.3. The van der Waals surface area contributed by atoms with Crippen LogP contribution in [0.4, 0.5) is 8.78 Å². The zero-order valence-electron chi connectivity index (χ0n) is 19.7. The smallest absolute Gasteiger partial charge is 0.268 e. The number of methoxy groups -OCH3 is 1. The average molecular weight is 494 g/mol. The van der Waals surface area contributed by atoms with Gasteiger partial charge in [-0.1, -0.05) is 18.2 Å². The van der Waals surface area contributed by atoms with Crippen LogP contribution < -0.4 is 4.74 Å². The number of Topliss-reactive ketones (excluding diaryl/α,β-unsaturated/α-hetero) is 1. The Bertz CT molecular complexity index is 1300. The van der Waals surface area contributed by atoms with E-state index in [4.69, 9.17) is 14.7 Å². The van der Waals surface area contributed by atoms with E-state index < -0.39 is 30.8 Å². The van der Waals surface area contributed by atoms with Crippen molar-refractivity contribution in [1.82, 2.24) is 9.88 Å². The van der Waals surface area contributed by atoms with Gasteiger partial charge in [-0.25, -0.2) is 8.78 Å². The number of fused-ring (bicyclic) bond motifs is 1. The average Bonchev–Trinajstić information content (AvgIpc) is 3.21. The van der Waals surface area contributed by atoms with Gasteiger partial charge in [0, 0.05) is 43.5 Å². The van der Waals surface area contributed by atoms with Crippen molar-refractivity contribution in [3.63, 3.8) is 0 Å². The van der Waals surface area contributed by atoms with Crippen LogP contribution in [0.5, 0.6) is 5.75 Å². The topological polar surface area (TPSA) is 92.5 Å². The maximum absolute atomic E-state index is 13.7. The SMILES string of the molecule is COCCOc1ccc(-c2ccc3nccc(C(=O)CCC(=O)N4CC(F)(F)C[C@H]4C#N)c3c2)cc1. The summed E-state index contributed by atoms with van der Waals surface area (Å²) in [6.45, 7) is 0.143. The van der Waals surface area contributed by atoms with E-state index in [-0.39, 0.29) is 18.6 Å². The molecule has 0 N–H and O–H groups in total. The molecule has 1 atom stereocenters. The molecule has 1 saturated heterocycles. The number of likely N-dealkylation sites (tertiary alicyclic amines) is 1. The van der Waals surface area contributed by atoms with Gasteiger partial charge < -0.3 is 14.4 Å². The summed E-state index contributed by atoms with van der Waals surface area (Å²) in [6, 6.07) is 15.3. The van der Waals surface area contributed by atoms with Gasteiger partial charge in [-0.15, -0.1) is 0 Å². The minimum atomic E-state index is -3.09. The zero-order chi connectivity index (χ0) is 25.7. The van der Waals surface area contributed by atoms with Crippen LogP contribution in [-0.4, -0.2) is 60.4 Å². The minimum absolute atomic E-state index is 0.157. The Labute approximate surface area is 207 Å². The molecule has 1 aromatic heterocycles. The number of ketones is 1. The lowest BCUT2D eigenvalue weighted by atomic mass is 9.97. The minimum Gasteiger partial charge on any atom is -0.491 e. The van der Waals surface area contributed by atoms with Gasteiger partial charge in [0.25, 0.3) is 5.92 Å². The molecule has 9 heteroatoms. The fraction of sp³-hybridized carbons (Fsp3) is 0.333. The first-order valence-corrected chi connectivity index (χ1v) is 11.5. The van der Waals surface area contributed by atoms with Crippen LogP contribution in [0.1, 0.15) is 29.6 Å². The summed E-state index contributed by atoms with van der Waals surface area (Å²) in [5.41, 5.74) is 2.82. The summed E-state index contributed by atoms with van der Waals surface area (Å²) in [6.07, 6.45) is 0.439. The highest BCUT2D eigenvalue weighted by atomic mass is 19.3. The molecule has 36 heavy (non-hydrogen) atoms. The van der Waals surface area contributed by atoms with Crippen molar-refractivity contribution in [3.05, 3.63) is 60.3 Å². The number of benzene rings is 2. The third kappa shape index (κ3) is 5.66. The van der Waals surface area contributed by atoms with Crippen molar-refractivity contribution in [2.24, 2.45) is 0 Å². The second kappa shape index (κ2) is 10.8. The molecule has 1 aliphatic heterocycles. The lowest BCUT2D eigenvalue weighted by molar-refractivity contribution is -0.132. The summed E-state index contributed by atoms with van der Waals surface area (Å²) < 4.78 is 37.9. The molecule has 0 unspecified atom stereocenters. The number of nitrogens with zero attached hydrogens (tertiary/aromatic N) is 3. The molecule has 1 fully saturated rings. The predicted molar refractivity (Wildman–Crippen MR) is 129 cm³/mol. The molecule has 1 amide bonds. The number of carbonyl (C=O) groups is 2. The first kappa shape index (κ1) is 25.2. The fourth-order valence-corrected chi connectivity index (χ4v) is 4.25. The van der Waals surface area contributed by atoms with Crippen LogP contribution in [0.15, 0.2) is 54.7 Å². The molecule has 186 valence electrons. The number of rotatable bonds is 9. The molecule has 0 saturated carbocycles. The molecular formula is C27H25F2N3O4. The lowest BCUT2D eigenvalue weighted by Crippen LogP contribution is -2.36. The van der Waals surface area contributed by atoms with Crippen molar-refractivity contribution in [1.29, 1.82) is 5.26 Å².